The van der Waals surface area contributed by atoms with E-state index in [0.29, 0.717) is 36.9 Å². The van der Waals surface area contributed by atoms with E-state index in [1.54, 1.807) is 29.2 Å². The number of ether oxygens (including phenoxy) is 1. The monoisotopic (exact) mass is 444 g/mol. The summed E-state index contributed by atoms with van der Waals surface area (Å²) in [7, 11) is -3.56. The summed E-state index contributed by atoms with van der Waals surface area (Å²) in [6.07, 6.45) is 0.596. The molecule has 3 rings (SSSR count). The lowest BCUT2D eigenvalue weighted by atomic mass is 10.0. The van der Waals surface area contributed by atoms with Crippen molar-refractivity contribution >= 4 is 15.9 Å². The number of nitrogens with zero attached hydrogens (tertiary/aromatic N) is 2. The summed E-state index contributed by atoms with van der Waals surface area (Å²) in [5.41, 5.74) is 3.17. The van der Waals surface area contributed by atoms with Crippen molar-refractivity contribution in [2.24, 2.45) is 0 Å². The van der Waals surface area contributed by atoms with Gasteiger partial charge < -0.3 is 9.64 Å². The third-order valence-electron chi connectivity index (χ3n) is 5.61. The summed E-state index contributed by atoms with van der Waals surface area (Å²) < 4.78 is 33.3. The van der Waals surface area contributed by atoms with E-state index in [2.05, 4.69) is 13.8 Å². The van der Waals surface area contributed by atoms with Crippen molar-refractivity contribution in [2.45, 2.75) is 44.9 Å². The van der Waals surface area contributed by atoms with Gasteiger partial charge in [0.15, 0.2) is 6.61 Å². The molecule has 2 aromatic rings. The fraction of sp³-hybridized carbons (Fsp3) is 0.458. The molecule has 0 spiro atoms. The van der Waals surface area contributed by atoms with Gasteiger partial charge in [-0.2, -0.15) is 4.31 Å². The second kappa shape index (κ2) is 9.83. The molecule has 6 nitrogen and oxygen atoms in total. The molecule has 0 radical (unpaired) electrons. The highest BCUT2D eigenvalue weighted by Crippen LogP contribution is 2.27. The van der Waals surface area contributed by atoms with Gasteiger partial charge >= 0.3 is 0 Å². The number of carbonyl (C=O) groups is 1. The third kappa shape index (κ3) is 5.66. The van der Waals surface area contributed by atoms with Crippen molar-refractivity contribution in [3.05, 3.63) is 59.2 Å². The first-order valence-electron chi connectivity index (χ1n) is 10.8. The van der Waals surface area contributed by atoms with Crippen LogP contribution in [0.25, 0.3) is 0 Å². The lowest BCUT2D eigenvalue weighted by Crippen LogP contribution is -2.39. The largest absolute Gasteiger partial charge is 0.483 e. The first-order valence-corrected chi connectivity index (χ1v) is 12.2. The van der Waals surface area contributed by atoms with Crippen LogP contribution in [0.15, 0.2) is 47.4 Å². The topological polar surface area (TPSA) is 66.9 Å². The highest BCUT2D eigenvalue weighted by Gasteiger charge is 2.28. The van der Waals surface area contributed by atoms with Gasteiger partial charge in [-0.1, -0.05) is 43.7 Å². The van der Waals surface area contributed by atoms with Crippen LogP contribution in [0.3, 0.4) is 0 Å². The maximum atomic E-state index is 13.0. The normalized spacial score (nSPS) is 15.7. The number of sulfonamides is 1. The Labute approximate surface area is 185 Å². The molecule has 1 fully saturated rings. The average Bonchev–Trinajstić information content (AvgIpc) is 2.99. The van der Waals surface area contributed by atoms with Crippen LogP contribution in [0.5, 0.6) is 5.75 Å². The van der Waals surface area contributed by atoms with Gasteiger partial charge in [-0.15, -0.1) is 0 Å². The molecule has 0 saturated carbocycles. The number of benzene rings is 2. The van der Waals surface area contributed by atoms with E-state index in [1.165, 1.54) is 4.31 Å². The van der Waals surface area contributed by atoms with Crippen molar-refractivity contribution in [3.8, 4) is 5.75 Å². The Hall–Kier alpha value is -2.38. The van der Waals surface area contributed by atoms with Gasteiger partial charge in [-0.3, -0.25) is 4.79 Å². The van der Waals surface area contributed by atoms with Gasteiger partial charge in [0.05, 0.1) is 4.90 Å². The van der Waals surface area contributed by atoms with Gasteiger partial charge in [-0.25, -0.2) is 8.42 Å². The Bertz CT molecular complexity index is 1020. The molecule has 7 heteroatoms. The number of hydrogen-bond acceptors (Lipinski definition) is 4. The zero-order chi connectivity index (χ0) is 22.6. The summed E-state index contributed by atoms with van der Waals surface area (Å²) in [5.74, 6) is 0.914. The smallest absolute Gasteiger partial charge is 0.260 e. The Kier molecular flexibility index (Phi) is 7.38. The van der Waals surface area contributed by atoms with Crippen molar-refractivity contribution in [1.29, 1.82) is 0 Å². The highest BCUT2D eigenvalue weighted by molar-refractivity contribution is 7.89. The Morgan fingerprint density at radius 3 is 2.32 bits per heavy atom. The van der Waals surface area contributed by atoms with E-state index >= 15 is 0 Å². The average molecular weight is 445 g/mol. The highest BCUT2D eigenvalue weighted by atomic mass is 32.2. The van der Waals surface area contributed by atoms with Crippen LogP contribution in [0.1, 0.15) is 42.9 Å². The van der Waals surface area contributed by atoms with E-state index in [-0.39, 0.29) is 19.1 Å². The Balaban J connectivity index is 1.62. The van der Waals surface area contributed by atoms with E-state index in [4.69, 9.17) is 4.74 Å². The zero-order valence-electron chi connectivity index (χ0n) is 18.8. The lowest BCUT2D eigenvalue weighted by molar-refractivity contribution is -0.133. The van der Waals surface area contributed by atoms with Crippen LogP contribution in [-0.4, -0.2) is 56.3 Å². The number of hydrogen-bond donors (Lipinski definition) is 0. The van der Waals surface area contributed by atoms with Gasteiger partial charge in [-0.05, 0) is 55.5 Å². The standard InChI is InChI=1S/C24H32N2O4S/c1-18(2)22-11-8-20(4)16-23(22)30-17-24(27)25-12-5-13-26(15-14-25)31(28,29)21-9-6-19(3)7-10-21/h6-11,16,18H,5,12-15,17H2,1-4H3. The predicted molar refractivity (Wildman–Crippen MR) is 122 cm³/mol. The molecule has 0 atom stereocenters. The van der Waals surface area contributed by atoms with Crippen LogP contribution in [0.4, 0.5) is 0 Å². The third-order valence-corrected chi connectivity index (χ3v) is 7.52. The summed E-state index contributed by atoms with van der Waals surface area (Å²) in [5, 5.41) is 0. The molecule has 1 heterocycles. The molecule has 2 aromatic carbocycles. The summed E-state index contributed by atoms with van der Waals surface area (Å²) >= 11 is 0. The maximum Gasteiger partial charge on any atom is 0.260 e. The second-order valence-corrected chi connectivity index (χ2v) is 10.4. The van der Waals surface area contributed by atoms with Gasteiger partial charge in [0, 0.05) is 26.2 Å². The summed E-state index contributed by atoms with van der Waals surface area (Å²) in [6, 6.07) is 12.9. The molecule has 0 aliphatic carbocycles. The number of carbonyl (C=O) groups excluding carboxylic acids is 1. The SMILES string of the molecule is Cc1ccc(S(=O)(=O)N2CCCN(C(=O)COc3cc(C)ccc3C(C)C)CC2)cc1. The zero-order valence-corrected chi connectivity index (χ0v) is 19.6. The molecule has 31 heavy (non-hydrogen) atoms. The van der Waals surface area contributed by atoms with Gasteiger partial charge in [0.1, 0.15) is 5.75 Å². The van der Waals surface area contributed by atoms with Crippen molar-refractivity contribution in [3.63, 3.8) is 0 Å². The molecule has 1 amide bonds. The maximum absolute atomic E-state index is 13.0. The summed E-state index contributed by atoms with van der Waals surface area (Å²) in [4.78, 5) is 14.8. The Morgan fingerprint density at radius 1 is 0.968 bits per heavy atom. The van der Waals surface area contributed by atoms with Crippen LogP contribution in [0.2, 0.25) is 0 Å². The van der Waals surface area contributed by atoms with E-state index in [9.17, 15) is 13.2 Å². The minimum Gasteiger partial charge on any atom is -0.483 e. The fourth-order valence-electron chi connectivity index (χ4n) is 3.72. The van der Waals surface area contributed by atoms with Crippen LogP contribution >= 0.6 is 0 Å². The van der Waals surface area contributed by atoms with Crippen molar-refractivity contribution < 1.29 is 17.9 Å². The van der Waals surface area contributed by atoms with Gasteiger partial charge in [0.2, 0.25) is 10.0 Å². The van der Waals surface area contributed by atoms with Gasteiger partial charge in [0.25, 0.3) is 5.91 Å². The minimum atomic E-state index is -3.56. The minimum absolute atomic E-state index is 0.0477. The summed E-state index contributed by atoms with van der Waals surface area (Å²) in [6.45, 7) is 9.62. The number of rotatable bonds is 6. The Morgan fingerprint density at radius 2 is 1.65 bits per heavy atom. The molecule has 0 N–H and O–H groups in total. The predicted octanol–water partition coefficient (Wildman–Crippen LogP) is 3.73. The molecular formula is C24H32N2O4S. The van der Waals surface area contributed by atoms with E-state index in [0.717, 1.165) is 22.4 Å². The first-order chi connectivity index (χ1) is 14.7. The number of aryl methyl sites for hydroxylation is 2. The van der Waals surface area contributed by atoms with E-state index in [1.807, 2.05) is 32.0 Å². The molecule has 0 bridgehead atoms. The van der Waals surface area contributed by atoms with Crippen LogP contribution < -0.4 is 4.74 Å². The molecule has 1 aliphatic rings. The molecule has 0 unspecified atom stereocenters. The quantitative estimate of drug-likeness (QED) is 0.681. The molecule has 1 saturated heterocycles. The van der Waals surface area contributed by atoms with Crippen molar-refractivity contribution in [1.82, 2.24) is 9.21 Å². The fourth-order valence-corrected chi connectivity index (χ4v) is 5.19. The van der Waals surface area contributed by atoms with Crippen molar-refractivity contribution in [2.75, 3.05) is 32.8 Å². The van der Waals surface area contributed by atoms with E-state index < -0.39 is 10.0 Å². The molecule has 1 aliphatic heterocycles. The van der Waals surface area contributed by atoms with Crippen LogP contribution in [0, 0.1) is 13.8 Å². The molecular weight excluding hydrogens is 412 g/mol. The first kappa shape index (κ1) is 23.3. The molecule has 0 aromatic heterocycles. The second-order valence-electron chi connectivity index (χ2n) is 8.44. The number of amides is 1. The van der Waals surface area contributed by atoms with Crippen LogP contribution in [-0.2, 0) is 14.8 Å². The molecule has 168 valence electrons. The lowest BCUT2D eigenvalue weighted by Gasteiger charge is -2.22.